The maximum atomic E-state index is 12.9. The Hall–Kier alpha value is -2.43. The lowest BCUT2D eigenvalue weighted by molar-refractivity contribution is -0.138. The van der Waals surface area contributed by atoms with Crippen LogP contribution >= 0.6 is 0 Å². The number of nitrogens with zero attached hydrogens (tertiary/aromatic N) is 2. The molecule has 2 aliphatic rings. The molecule has 1 amide bonds. The number of likely N-dealkylation sites (tertiary alicyclic amines) is 1. The monoisotopic (exact) mass is 338 g/mol. The average molecular weight is 338 g/mol. The van der Waals surface area contributed by atoms with Crippen LogP contribution < -0.4 is 0 Å². The van der Waals surface area contributed by atoms with Gasteiger partial charge in [0.1, 0.15) is 0 Å². The molecule has 0 bridgehead atoms. The third kappa shape index (κ3) is 2.88. The number of rotatable bonds is 3. The van der Waals surface area contributed by atoms with Gasteiger partial charge in [-0.2, -0.15) is 0 Å². The van der Waals surface area contributed by atoms with Crippen molar-refractivity contribution in [3.63, 3.8) is 0 Å². The molecule has 4 rings (SSSR count). The fourth-order valence-corrected chi connectivity index (χ4v) is 3.91. The summed E-state index contributed by atoms with van der Waals surface area (Å²) >= 11 is 0. The highest BCUT2D eigenvalue weighted by Gasteiger charge is 2.29. The second kappa shape index (κ2) is 6.47. The number of carbonyl (C=O) groups is 2. The van der Waals surface area contributed by atoms with Crippen molar-refractivity contribution in [2.75, 3.05) is 13.1 Å². The van der Waals surface area contributed by atoms with Gasteiger partial charge in [0.05, 0.1) is 11.1 Å². The second-order valence-corrected chi connectivity index (χ2v) is 6.86. The average Bonchev–Trinajstić information content (AvgIpc) is 3.30. The molecule has 1 aromatic carbocycles. The topological polar surface area (TPSA) is 59.5 Å². The minimum Gasteiger partial charge on any atom is -0.449 e. The third-order valence-corrected chi connectivity index (χ3v) is 5.17. The summed E-state index contributed by atoms with van der Waals surface area (Å²) in [6, 6.07) is 7.65. The Labute approximate surface area is 147 Å². The zero-order chi connectivity index (χ0) is 17.4. The highest BCUT2D eigenvalue weighted by molar-refractivity contribution is 6.06. The van der Waals surface area contributed by atoms with Crippen LogP contribution in [0.15, 0.2) is 24.3 Å². The predicted molar refractivity (Wildman–Crippen MR) is 94.5 cm³/mol. The predicted octanol–water partition coefficient (Wildman–Crippen LogP) is 2.89. The Morgan fingerprint density at radius 3 is 2.68 bits per heavy atom. The van der Waals surface area contributed by atoms with Gasteiger partial charge < -0.3 is 9.64 Å². The van der Waals surface area contributed by atoms with Crippen molar-refractivity contribution >= 4 is 22.8 Å². The highest BCUT2D eigenvalue weighted by atomic mass is 16.5. The van der Waals surface area contributed by atoms with Gasteiger partial charge in [-0.15, -0.1) is 0 Å². The number of aromatic nitrogens is 1. The number of amides is 1. The van der Waals surface area contributed by atoms with Crippen LogP contribution in [-0.2, 0) is 22.4 Å². The zero-order valence-electron chi connectivity index (χ0n) is 14.5. The van der Waals surface area contributed by atoms with Crippen LogP contribution in [0.25, 0.3) is 10.9 Å². The molecular formula is C20H22N2O3. The molecular weight excluding hydrogens is 316 g/mol. The number of pyridine rings is 1. The van der Waals surface area contributed by atoms with E-state index in [1.165, 1.54) is 0 Å². The SMILES string of the molecule is C[C@@H](OC(=O)c1c2c(nc3ccccc13)CCC2)C(=O)N1CCCC1. The Morgan fingerprint density at radius 1 is 1.12 bits per heavy atom. The molecule has 1 atom stereocenters. The summed E-state index contributed by atoms with van der Waals surface area (Å²) in [4.78, 5) is 31.9. The molecule has 130 valence electrons. The lowest BCUT2D eigenvalue weighted by Crippen LogP contribution is -2.38. The van der Waals surface area contributed by atoms with Crippen molar-refractivity contribution in [1.29, 1.82) is 0 Å². The van der Waals surface area contributed by atoms with E-state index < -0.39 is 12.1 Å². The van der Waals surface area contributed by atoms with E-state index >= 15 is 0 Å². The molecule has 0 radical (unpaired) electrons. The molecule has 0 spiro atoms. The molecule has 1 saturated heterocycles. The van der Waals surface area contributed by atoms with Crippen LogP contribution in [0.4, 0.5) is 0 Å². The molecule has 2 heterocycles. The number of ether oxygens (including phenoxy) is 1. The summed E-state index contributed by atoms with van der Waals surface area (Å²) in [7, 11) is 0. The Bertz CT molecular complexity index is 840. The van der Waals surface area contributed by atoms with Gasteiger partial charge in [0.2, 0.25) is 0 Å². The summed E-state index contributed by atoms with van der Waals surface area (Å²) in [5, 5.41) is 0.814. The molecule has 2 aromatic rings. The Balaban J connectivity index is 1.65. The lowest BCUT2D eigenvalue weighted by Gasteiger charge is -2.21. The smallest absolute Gasteiger partial charge is 0.339 e. The standard InChI is InChI=1S/C20H22N2O3/c1-13(19(23)22-11-4-5-12-22)25-20(24)18-14-7-2-3-9-16(14)21-17-10-6-8-15(17)18/h2-3,7,9,13H,4-6,8,10-12H2,1H3/t13-/m1/s1. The first kappa shape index (κ1) is 16.1. The first-order chi connectivity index (χ1) is 12.1. The highest BCUT2D eigenvalue weighted by Crippen LogP contribution is 2.30. The van der Waals surface area contributed by atoms with Crippen molar-refractivity contribution in [3.05, 3.63) is 41.1 Å². The first-order valence-electron chi connectivity index (χ1n) is 9.05. The molecule has 0 unspecified atom stereocenters. The van der Waals surface area contributed by atoms with Gasteiger partial charge in [0.15, 0.2) is 6.10 Å². The van der Waals surface area contributed by atoms with Gasteiger partial charge in [0, 0.05) is 24.2 Å². The van der Waals surface area contributed by atoms with Crippen LogP contribution in [0, 0.1) is 0 Å². The molecule has 0 N–H and O–H groups in total. The van der Waals surface area contributed by atoms with Crippen molar-refractivity contribution in [3.8, 4) is 0 Å². The first-order valence-corrected chi connectivity index (χ1v) is 9.05. The summed E-state index contributed by atoms with van der Waals surface area (Å²) < 4.78 is 5.59. The van der Waals surface area contributed by atoms with Crippen molar-refractivity contribution in [2.24, 2.45) is 0 Å². The van der Waals surface area contributed by atoms with Crippen LogP contribution in [0.2, 0.25) is 0 Å². The number of aryl methyl sites for hydroxylation is 1. The van der Waals surface area contributed by atoms with Gasteiger partial charge in [-0.3, -0.25) is 9.78 Å². The normalized spacial score (nSPS) is 17.6. The van der Waals surface area contributed by atoms with Crippen molar-refractivity contribution < 1.29 is 14.3 Å². The van der Waals surface area contributed by atoms with Gasteiger partial charge in [-0.1, -0.05) is 18.2 Å². The number of benzene rings is 1. The second-order valence-electron chi connectivity index (χ2n) is 6.86. The Kier molecular flexibility index (Phi) is 4.15. The Morgan fingerprint density at radius 2 is 1.88 bits per heavy atom. The zero-order valence-corrected chi connectivity index (χ0v) is 14.5. The molecule has 5 nitrogen and oxygen atoms in total. The lowest BCUT2D eigenvalue weighted by atomic mass is 10.0. The third-order valence-electron chi connectivity index (χ3n) is 5.17. The van der Waals surface area contributed by atoms with Gasteiger partial charge in [-0.05, 0) is 50.7 Å². The minimum atomic E-state index is -0.755. The van der Waals surface area contributed by atoms with E-state index in [1.54, 1.807) is 11.8 Å². The molecule has 1 fully saturated rings. The van der Waals surface area contributed by atoms with E-state index in [2.05, 4.69) is 0 Å². The van der Waals surface area contributed by atoms with E-state index in [-0.39, 0.29) is 5.91 Å². The molecule has 0 saturated carbocycles. The maximum Gasteiger partial charge on any atom is 0.339 e. The molecule has 5 heteroatoms. The van der Waals surface area contributed by atoms with Crippen LogP contribution in [0.3, 0.4) is 0 Å². The van der Waals surface area contributed by atoms with E-state index in [0.717, 1.165) is 67.4 Å². The summed E-state index contributed by atoms with van der Waals surface area (Å²) in [5.41, 5.74) is 3.39. The number of hydrogen-bond acceptors (Lipinski definition) is 4. The molecule has 25 heavy (non-hydrogen) atoms. The van der Waals surface area contributed by atoms with Crippen molar-refractivity contribution in [1.82, 2.24) is 9.88 Å². The van der Waals surface area contributed by atoms with Crippen LogP contribution in [0.1, 0.15) is 47.8 Å². The van der Waals surface area contributed by atoms with Crippen LogP contribution in [-0.4, -0.2) is 41.0 Å². The number of carbonyl (C=O) groups excluding carboxylic acids is 2. The van der Waals surface area contributed by atoms with Gasteiger partial charge in [0.25, 0.3) is 5.91 Å². The number of hydrogen-bond donors (Lipinski definition) is 0. The fraction of sp³-hybridized carbons (Fsp3) is 0.450. The minimum absolute atomic E-state index is 0.0964. The van der Waals surface area contributed by atoms with Gasteiger partial charge >= 0.3 is 5.97 Å². The number of para-hydroxylation sites is 1. The number of fused-ring (bicyclic) bond motifs is 2. The number of esters is 1. The van der Waals surface area contributed by atoms with Crippen LogP contribution in [0.5, 0.6) is 0 Å². The quantitative estimate of drug-likeness (QED) is 0.808. The molecule has 1 aliphatic carbocycles. The maximum absolute atomic E-state index is 12.9. The van der Waals surface area contributed by atoms with Crippen molar-refractivity contribution in [2.45, 2.75) is 45.1 Å². The van der Waals surface area contributed by atoms with Gasteiger partial charge in [-0.25, -0.2) is 4.79 Å². The van der Waals surface area contributed by atoms with E-state index in [0.29, 0.717) is 5.56 Å². The van der Waals surface area contributed by atoms with E-state index in [4.69, 9.17) is 9.72 Å². The largest absolute Gasteiger partial charge is 0.449 e. The summed E-state index contributed by atoms with van der Waals surface area (Å²) in [6.45, 7) is 3.19. The summed E-state index contributed by atoms with van der Waals surface area (Å²) in [5.74, 6) is -0.502. The summed E-state index contributed by atoms with van der Waals surface area (Å²) in [6.07, 6.45) is 4.02. The van der Waals surface area contributed by atoms with E-state index in [1.807, 2.05) is 24.3 Å². The molecule has 1 aliphatic heterocycles. The fourth-order valence-electron chi connectivity index (χ4n) is 3.91. The molecule has 1 aromatic heterocycles. The van der Waals surface area contributed by atoms with E-state index in [9.17, 15) is 9.59 Å².